The van der Waals surface area contributed by atoms with Gasteiger partial charge < -0.3 is 24.4 Å². The molecule has 0 saturated carbocycles. The summed E-state index contributed by atoms with van der Waals surface area (Å²) in [5.74, 6) is 1.00. The lowest BCUT2D eigenvalue weighted by molar-refractivity contribution is -0.125. The van der Waals surface area contributed by atoms with E-state index in [-0.39, 0.29) is 18.2 Å². The third-order valence-corrected chi connectivity index (χ3v) is 7.51. The smallest absolute Gasteiger partial charge is 0.231 e. The lowest BCUT2D eigenvalue weighted by Gasteiger charge is -2.41. The fraction of sp³-hybridized carbons (Fsp3) is 0.250. The molecule has 2 heterocycles. The van der Waals surface area contributed by atoms with Crippen LogP contribution in [0.1, 0.15) is 24.4 Å². The summed E-state index contributed by atoms with van der Waals surface area (Å²) in [6.07, 6.45) is 0.648. The molecule has 3 aromatic carbocycles. The van der Waals surface area contributed by atoms with E-state index in [1.807, 2.05) is 48.5 Å². The number of rotatable bonds is 7. The first-order valence-corrected chi connectivity index (χ1v) is 12.7. The summed E-state index contributed by atoms with van der Waals surface area (Å²) >= 11 is 1.43. The SMILES string of the molecule is COc1ccc(N2C(=O)CCC(C(=O)Nc3nc4ccccc4s3)C2c2ccc(OC)c(OC)c2)cc1. The van der Waals surface area contributed by atoms with Crippen molar-refractivity contribution in [3.05, 3.63) is 72.3 Å². The highest BCUT2D eigenvalue weighted by atomic mass is 32.1. The molecule has 37 heavy (non-hydrogen) atoms. The largest absolute Gasteiger partial charge is 0.497 e. The van der Waals surface area contributed by atoms with Gasteiger partial charge in [0.2, 0.25) is 11.8 Å². The van der Waals surface area contributed by atoms with E-state index in [1.165, 1.54) is 11.3 Å². The Morgan fingerprint density at radius 2 is 1.73 bits per heavy atom. The number of thiazole rings is 1. The first kappa shape index (κ1) is 24.6. The molecule has 2 unspecified atom stereocenters. The van der Waals surface area contributed by atoms with E-state index in [1.54, 1.807) is 44.4 Å². The molecule has 9 heteroatoms. The maximum Gasteiger partial charge on any atom is 0.231 e. The molecule has 4 aromatic rings. The minimum Gasteiger partial charge on any atom is -0.497 e. The van der Waals surface area contributed by atoms with Gasteiger partial charge >= 0.3 is 0 Å². The fourth-order valence-electron chi connectivity index (χ4n) is 4.76. The van der Waals surface area contributed by atoms with Crippen LogP contribution >= 0.6 is 11.3 Å². The molecule has 1 aliphatic heterocycles. The highest BCUT2D eigenvalue weighted by molar-refractivity contribution is 7.22. The molecule has 5 rings (SSSR count). The predicted molar refractivity (Wildman–Crippen MR) is 144 cm³/mol. The van der Waals surface area contributed by atoms with Gasteiger partial charge in [0.1, 0.15) is 5.75 Å². The van der Waals surface area contributed by atoms with E-state index in [4.69, 9.17) is 14.2 Å². The second kappa shape index (κ2) is 10.5. The molecule has 1 N–H and O–H groups in total. The van der Waals surface area contributed by atoms with E-state index in [0.29, 0.717) is 34.5 Å². The predicted octanol–water partition coefficient (Wildman–Crippen LogP) is 5.45. The van der Waals surface area contributed by atoms with E-state index < -0.39 is 12.0 Å². The number of aromatic nitrogens is 1. The standard InChI is InChI=1S/C28H27N3O5S/c1-34-19-11-9-18(10-12-19)31-25(32)15-13-20(26(31)17-8-14-22(35-2)23(16-17)36-3)27(33)30-28-29-21-6-4-5-7-24(21)37-28/h4-12,14,16,20,26H,13,15H2,1-3H3,(H,29,30,33). The summed E-state index contributed by atoms with van der Waals surface area (Å²) in [4.78, 5) is 33.3. The van der Waals surface area contributed by atoms with Gasteiger partial charge in [-0.05, 0) is 60.5 Å². The number of fused-ring (bicyclic) bond motifs is 1. The Labute approximate surface area is 218 Å². The highest BCUT2D eigenvalue weighted by Crippen LogP contribution is 2.43. The van der Waals surface area contributed by atoms with Crippen molar-refractivity contribution in [2.24, 2.45) is 5.92 Å². The minimum absolute atomic E-state index is 0.0611. The number of anilines is 2. The molecule has 0 aliphatic carbocycles. The summed E-state index contributed by atoms with van der Waals surface area (Å²) in [5, 5.41) is 3.54. The molecule has 8 nitrogen and oxygen atoms in total. The molecule has 0 spiro atoms. The van der Waals surface area contributed by atoms with Crippen molar-refractivity contribution in [3.8, 4) is 17.2 Å². The summed E-state index contributed by atoms with van der Waals surface area (Å²) in [7, 11) is 4.72. The summed E-state index contributed by atoms with van der Waals surface area (Å²) < 4.78 is 17.2. The average molecular weight is 518 g/mol. The van der Waals surface area contributed by atoms with Crippen molar-refractivity contribution < 1.29 is 23.8 Å². The van der Waals surface area contributed by atoms with E-state index in [0.717, 1.165) is 15.8 Å². The van der Waals surface area contributed by atoms with Crippen molar-refractivity contribution in [2.45, 2.75) is 18.9 Å². The third-order valence-electron chi connectivity index (χ3n) is 6.56. The number of methoxy groups -OCH3 is 3. The summed E-state index contributed by atoms with van der Waals surface area (Å²) in [6, 6.07) is 20.0. The number of amides is 2. The van der Waals surface area contributed by atoms with Crippen molar-refractivity contribution >= 4 is 44.2 Å². The Balaban J connectivity index is 1.55. The maximum atomic E-state index is 13.7. The quantitative estimate of drug-likeness (QED) is 0.351. The number of para-hydroxylation sites is 1. The highest BCUT2D eigenvalue weighted by Gasteiger charge is 2.42. The number of hydrogen-bond acceptors (Lipinski definition) is 7. The van der Waals surface area contributed by atoms with E-state index in [9.17, 15) is 9.59 Å². The van der Waals surface area contributed by atoms with Gasteiger partial charge in [-0.3, -0.25) is 9.59 Å². The van der Waals surface area contributed by atoms with Crippen LogP contribution in [0.25, 0.3) is 10.2 Å². The molecule has 0 bridgehead atoms. The number of benzene rings is 3. The van der Waals surface area contributed by atoms with Crippen molar-refractivity contribution in [3.63, 3.8) is 0 Å². The van der Waals surface area contributed by atoms with Crippen molar-refractivity contribution in [1.29, 1.82) is 0 Å². The summed E-state index contributed by atoms with van der Waals surface area (Å²) in [6.45, 7) is 0. The number of nitrogens with zero attached hydrogens (tertiary/aromatic N) is 2. The fourth-order valence-corrected chi connectivity index (χ4v) is 5.62. The topological polar surface area (TPSA) is 90.0 Å². The lowest BCUT2D eigenvalue weighted by atomic mass is 9.83. The van der Waals surface area contributed by atoms with Crippen LogP contribution in [0.5, 0.6) is 17.2 Å². The number of nitrogens with one attached hydrogen (secondary N) is 1. The molecule has 1 aromatic heterocycles. The molecule has 1 fully saturated rings. The van der Waals surface area contributed by atoms with Crippen LogP contribution in [-0.4, -0.2) is 38.1 Å². The molecule has 1 aliphatic rings. The van der Waals surface area contributed by atoms with Gasteiger partial charge in [0, 0.05) is 12.1 Å². The first-order chi connectivity index (χ1) is 18.0. The molecule has 1 saturated heterocycles. The Bertz CT molecular complexity index is 1400. The van der Waals surface area contributed by atoms with Gasteiger partial charge in [0.25, 0.3) is 0 Å². The molecule has 190 valence electrons. The molecule has 0 radical (unpaired) electrons. The van der Waals surface area contributed by atoms with Gasteiger partial charge in [0.05, 0.1) is 43.5 Å². The third kappa shape index (κ3) is 4.82. The van der Waals surface area contributed by atoms with Gasteiger partial charge in [-0.15, -0.1) is 0 Å². The Kier molecular flexibility index (Phi) is 6.96. The number of piperidine rings is 1. The second-order valence-electron chi connectivity index (χ2n) is 8.64. The van der Waals surface area contributed by atoms with Crippen LogP contribution in [0, 0.1) is 5.92 Å². The number of ether oxygens (including phenoxy) is 3. The Morgan fingerprint density at radius 3 is 2.43 bits per heavy atom. The zero-order chi connectivity index (χ0) is 25.9. The van der Waals surface area contributed by atoms with Crippen molar-refractivity contribution in [1.82, 2.24) is 4.98 Å². The maximum absolute atomic E-state index is 13.7. The summed E-state index contributed by atoms with van der Waals surface area (Å²) in [5.41, 5.74) is 2.28. The normalized spacial score (nSPS) is 17.5. The molecule has 2 amide bonds. The van der Waals surface area contributed by atoms with Gasteiger partial charge in [0.15, 0.2) is 16.6 Å². The van der Waals surface area contributed by atoms with E-state index in [2.05, 4.69) is 10.3 Å². The van der Waals surface area contributed by atoms with Crippen LogP contribution in [0.2, 0.25) is 0 Å². The molecule has 2 atom stereocenters. The zero-order valence-corrected chi connectivity index (χ0v) is 21.6. The monoisotopic (exact) mass is 517 g/mol. The van der Waals surface area contributed by atoms with E-state index >= 15 is 0 Å². The molecular weight excluding hydrogens is 490 g/mol. The zero-order valence-electron chi connectivity index (χ0n) is 20.8. The van der Waals surface area contributed by atoms with Crippen LogP contribution in [0.3, 0.4) is 0 Å². The lowest BCUT2D eigenvalue weighted by Crippen LogP contribution is -2.47. The van der Waals surface area contributed by atoms with Crippen LogP contribution < -0.4 is 24.4 Å². The Morgan fingerprint density at radius 1 is 0.973 bits per heavy atom. The number of hydrogen-bond donors (Lipinski definition) is 1. The minimum atomic E-state index is -0.566. The number of carbonyl (C=O) groups excluding carboxylic acids is 2. The van der Waals surface area contributed by atoms with Crippen LogP contribution in [-0.2, 0) is 9.59 Å². The first-order valence-electron chi connectivity index (χ1n) is 11.9. The van der Waals surface area contributed by atoms with Gasteiger partial charge in [-0.2, -0.15) is 0 Å². The second-order valence-corrected chi connectivity index (χ2v) is 9.67. The van der Waals surface area contributed by atoms with Crippen LogP contribution in [0.15, 0.2) is 66.7 Å². The number of carbonyl (C=O) groups is 2. The van der Waals surface area contributed by atoms with Gasteiger partial charge in [-0.1, -0.05) is 29.5 Å². The van der Waals surface area contributed by atoms with Crippen molar-refractivity contribution in [2.75, 3.05) is 31.5 Å². The molecular formula is C28H27N3O5S. The van der Waals surface area contributed by atoms with Gasteiger partial charge in [-0.25, -0.2) is 4.98 Å². The van der Waals surface area contributed by atoms with Crippen LogP contribution in [0.4, 0.5) is 10.8 Å². The Hall–Kier alpha value is -4.11. The average Bonchev–Trinajstić information content (AvgIpc) is 3.34.